The molecule has 2 rings (SSSR count). The largest absolute Gasteiger partial charge is 0.494 e. The quantitative estimate of drug-likeness (QED) is 0.780. The lowest BCUT2D eigenvalue weighted by atomic mass is 10.0. The van der Waals surface area contributed by atoms with Crippen LogP contribution in [0.15, 0.2) is 30.3 Å². The molecule has 0 atom stereocenters. The number of ether oxygens (including phenoxy) is 1. The van der Waals surface area contributed by atoms with Crippen molar-refractivity contribution in [2.24, 2.45) is 0 Å². The van der Waals surface area contributed by atoms with E-state index in [0.29, 0.717) is 13.0 Å². The number of hydrogen-bond acceptors (Lipinski definition) is 3. The van der Waals surface area contributed by atoms with Crippen LogP contribution in [0.1, 0.15) is 24.8 Å². The van der Waals surface area contributed by atoms with Crippen LogP contribution in [0.5, 0.6) is 5.75 Å². The van der Waals surface area contributed by atoms with Crippen molar-refractivity contribution >= 4 is 11.5 Å². The predicted octanol–water partition coefficient (Wildman–Crippen LogP) is 1.97. The molecule has 0 saturated heterocycles. The van der Waals surface area contributed by atoms with Crippen molar-refractivity contribution in [2.75, 3.05) is 26.7 Å². The van der Waals surface area contributed by atoms with Crippen molar-refractivity contribution in [1.29, 1.82) is 0 Å². The summed E-state index contributed by atoms with van der Waals surface area (Å²) in [7, 11) is 1.65. The summed E-state index contributed by atoms with van der Waals surface area (Å²) in [4.78, 5) is 11.1. The molecule has 1 aliphatic heterocycles. The molecule has 20 heavy (non-hydrogen) atoms. The number of benzene rings is 1. The molecule has 0 aromatic heterocycles. The van der Waals surface area contributed by atoms with Crippen molar-refractivity contribution in [3.8, 4) is 5.75 Å². The molecule has 0 unspecified atom stereocenters. The SMILES string of the molecule is CNC(=O)CCCOc1ccc(C2=CCNCC2)cc1. The first kappa shape index (κ1) is 14.6. The first-order valence-electron chi connectivity index (χ1n) is 7.13. The molecule has 0 spiro atoms. The second kappa shape index (κ2) is 7.70. The highest BCUT2D eigenvalue weighted by atomic mass is 16.5. The number of nitrogens with one attached hydrogen (secondary N) is 2. The Kier molecular flexibility index (Phi) is 5.62. The van der Waals surface area contributed by atoms with Crippen LogP contribution in [-0.4, -0.2) is 32.7 Å². The van der Waals surface area contributed by atoms with Gasteiger partial charge in [0, 0.05) is 20.0 Å². The van der Waals surface area contributed by atoms with Gasteiger partial charge >= 0.3 is 0 Å². The van der Waals surface area contributed by atoms with E-state index in [1.165, 1.54) is 11.1 Å². The van der Waals surface area contributed by atoms with Crippen LogP contribution in [0, 0.1) is 0 Å². The van der Waals surface area contributed by atoms with Crippen molar-refractivity contribution in [2.45, 2.75) is 19.3 Å². The van der Waals surface area contributed by atoms with E-state index < -0.39 is 0 Å². The van der Waals surface area contributed by atoms with Crippen LogP contribution in [0.25, 0.3) is 5.57 Å². The molecule has 1 heterocycles. The Morgan fingerprint density at radius 3 is 2.80 bits per heavy atom. The van der Waals surface area contributed by atoms with Gasteiger partial charge in [-0.05, 0) is 42.7 Å². The van der Waals surface area contributed by atoms with Gasteiger partial charge in [0.25, 0.3) is 0 Å². The van der Waals surface area contributed by atoms with E-state index in [1.807, 2.05) is 12.1 Å². The van der Waals surface area contributed by atoms with Gasteiger partial charge in [-0.3, -0.25) is 4.79 Å². The topological polar surface area (TPSA) is 50.4 Å². The molecule has 0 aliphatic carbocycles. The van der Waals surface area contributed by atoms with Crippen molar-refractivity contribution in [3.63, 3.8) is 0 Å². The lowest BCUT2D eigenvalue weighted by Crippen LogP contribution is -2.19. The second-order valence-corrected chi connectivity index (χ2v) is 4.83. The Morgan fingerprint density at radius 2 is 2.15 bits per heavy atom. The van der Waals surface area contributed by atoms with E-state index in [9.17, 15) is 4.79 Å². The Bertz CT molecular complexity index is 466. The Hall–Kier alpha value is -1.81. The van der Waals surface area contributed by atoms with Crippen LogP contribution < -0.4 is 15.4 Å². The zero-order valence-electron chi connectivity index (χ0n) is 11.9. The summed E-state index contributed by atoms with van der Waals surface area (Å²) in [6.07, 6.45) is 4.56. The molecule has 4 nitrogen and oxygen atoms in total. The third-order valence-corrected chi connectivity index (χ3v) is 3.38. The summed E-state index contributed by atoms with van der Waals surface area (Å²) in [5.74, 6) is 0.919. The van der Waals surface area contributed by atoms with Crippen molar-refractivity contribution in [1.82, 2.24) is 10.6 Å². The minimum absolute atomic E-state index is 0.0572. The normalized spacial score (nSPS) is 14.6. The fraction of sp³-hybridized carbons (Fsp3) is 0.438. The van der Waals surface area contributed by atoms with Gasteiger partial charge in [-0.2, -0.15) is 0 Å². The maximum atomic E-state index is 11.1. The zero-order chi connectivity index (χ0) is 14.2. The number of carbonyl (C=O) groups is 1. The van der Waals surface area contributed by atoms with E-state index in [0.717, 1.165) is 31.7 Å². The highest BCUT2D eigenvalue weighted by molar-refractivity contribution is 5.75. The smallest absolute Gasteiger partial charge is 0.219 e. The molecule has 108 valence electrons. The molecular weight excluding hydrogens is 252 g/mol. The van der Waals surface area contributed by atoms with Crippen molar-refractivity contribution in [3.05, 3.63) is 35.9 Å². The first-order chi connectivity index (χ1) is 9.79. The lowest BCUT2D eigenvalue weighted by Gasteiger charge is -2.14. The molecule has 0 fully saturated rings. The average Bonchev–Trinajstić information content (AvgIpc) is 2.52. The van der Waals surface area contributed by atoms with Crippen LogP contribution in [0.3, 0.4) is 0 Å². The summed E-state index contributed by atoms with van der Waals surface area (Å²) in [6, 6.07) is 8.20. The average molecular weight is 274 g/mol. The van der Waals surface area contributed by atoms with E-state index in [4.69, 9.17) is 4.74 Å². The van der Waals surface area contributed by atoms with Gasteiger partial charge in [0.05, 0.1) is 6.61 Å². The zero-order valence-corrected chi connectivity index (χ0v) is 11.9. The van der Waals surface area contributed by atoms with Crippen LogP contribution >= 0.6 is 0 Å². The molecule has 0 saturated carbocycles. The molecule has 0 bridgehead atoms. The fourth-order valence-corrected chi connectivity index (χ4v) is 2.20. The highest BCUT2D eigenvalue weighted by Crippen LogP contribution is 2.22. The summed E-state index contributed by atoms with van der Waals surface area (Å²) < 4.78 is 5.63. The third kappa shape index (κ3) is 4.38. The number of rotatable bonds is 6. The van der Waals surface area contributed by atoms with Gasteiger partial charge in [-0.25, -0.2) is 0 Å². The maximum Gasteiger partial charge on any atom is 0.219 e. The molecule has 1 aromatic rings. The third-order valence-electron chi connectivity index (χ3n) is 3.38. The fourth-order valence-electron chi connectivity index (χ4n) is 2.20. The van der Waals surface area contributed by atoms with Gasteiger partial charge in [-0.15, -0.1) is 0 Å². The monoisotopic (exact) mass is 274 g/mol. The Labute approximate surface area is 120 Å². The van der Waals surface area contributed by atoms with Gasteiger partial charge in [0.2, 0.25) is 5.91 Å². The van der Waals surface area contributed by atoms with Gasteiger partial charge in [0.15, 0.2) is 0 Å². The summed E-state index contributed by atoms with van der Waals surface area (Å²) in [6.45, 7) is 2.57. The summed E-state index contributed by atoms with van der Waals surface area (Å²) in [5.41, 5.74) is 2.67. The van der Waals surface area contributed by atoms with Gasteiger partial charge in [0.1, 0.15) is 5.75 Å². The Balaban J connectivity index is 1.79. The minimum Gasteiger partial charge on any atom is -0.494 e. The van der Waals surface area contributed by atoms with Crippen LogP contribution in [0.2, 0.25) is 0 Å². The Morgan fingerprint density at radius 1 is 1.35 bits per heavy atom. The lowest BCUT2D eigenvalue weighted by molar-refractivity contribution is -0.120. The minimum atomic E-state index is 0.0572. The standard InChI is InChI=1S/C16H22N2O2/c1-17-16(19)3-2-12-20-15-6-4-13(5-7-15)14-8-10-18-11-9-14/h4-8,18H,2-3,9-12H2,1H3,(H,17,19). The van der Waals surface area contributed by atoms with E-state index >= 15 is 0 Å². The second-order valence-electron chi connectivity index (χ2n) is 4.83. The van der Waals surface area contributed by atoms with Crippen molar-refractivity contribution < 1.29 is 9.53 Å². The molecular formula is C16H22N2O2. The molecule has 4 heteroatoms. The summed E-state index contributed by atoms with van der Waals surface area (Å²) >= 11 is 0. The molecule has 1 amide bonds. The van der Waals surface area contributed by atoms with Crippen LogP contribution in [-0.2, 0) is 4.79 Å². The number of carbonyl (C=O) groups excluding carboxylic acids is 1. The van der Waals surface area contributed by atoms with Gasteiger partial charge < -0.3 is 15.4 Å². The number of amides is 1. The summed E-state index contributed by atoms with van der Waals surface area (Å²) in [5, 5.41) is 5.91. The predicted molar refractivity (Wildman–Crippen MR) is 80.7 cm³/mol. The molecule has 0 radical (unpaired) electrons. The molecule has 2 N–H and O–H groups in total. The number of hydrogen-bond donors (Lipinski definition) is 2. The van der Waals surface area contributed by atoms with Gasteiger partial charge in [-0.1, -0.05) is 18.2 Å². The molecule has 1 aromatic carbocycles. The molecule has 1 aliphatic rings. The first-order valence-corrected chi connectivity index (χ1v) is 7.13. The highest BCUT2D eigenvalue weighted by Gasteiger charge is 2.05. The van der Waals surface area contributed by atoms with Crippen LogP contribution in [0.4, 0.5) is 0 Å². The van der Waals surface area contributed by atoms with E-state index in [-0.39, 0.29) is 5.91 Å². The van der Waals surface area contributed by atoms with E-state index in [1.54, 1.807) is 7.05 Å². The maximum absolute atomic E-state index is 11.1. The van der Waals surface area contributed by atoms with E-state index in [2.05, 4.69) is 28.8 Å².